The standard InChI is InChI=1S/C12H15N2.HI/c1-13-8-5-11(6-9-13)10-12-4-3-7-14(12)2;/h3-9H,10H2,1-2H3;1H/q+1;/p-1. The maximum Gasteiger partial charge on any atom is 0.168 e. The Kier molecular flexibility index (Phi) is 4.32. The molecule has 2 aromatic rings. The Balaban J connectivity index is 0.00000112. The molecule has 0 bridgehead atoms. The van der Waals surface area contributed by atoms with Gasteiger partial charge < -0.3 is 28.5 Å². The summed E-state index contributed by atoms with van der Waals surface area (Å²) in [5.41, 5.74) is 2.70. The Morgan fingerprint density at radius 1 is 1.20 bits per heavy atom. The zero-order chi connectivity index (χ0) is 9.97. The summed E-state index contributed by atoms with van der Waals surface area (Å²) < 4.78 is 4.21. The van der Waals surface area contributed by atoms with Crippen LogP contribution >= 0.6 is 0 Å². The van der Waals surface area contributed by atoms with Crippen LogP contribution in [0.3, 0.4) is 0 Å². The summed E-state index contributed by atoms with van der Waals surface area (Å²) in [7, 11) is 4.12. The lowest BCUT2D eigenvalue weighted by Crippen LogP contribution is -3.00. The van der Waals surface area contributed by atoms with Crippen LogP contribution in [0.1, 0.15) is 11.3 Å². The average molecular weight is 314 g/mol. The zero-order valence-electron chi connectivity index (χ0n) is 9.02. The molecule has 0 aliphatic heterocycles. The first-order valence-corrected chi connectivity index (χ1v) is 4.80. The lowest BCUT2D eigenvalue weighted by atomic mass is 10.1. The lowest BCUT2D eigenvalue weighted by molar-refractivity contribution is -0.671. The third-order valence-corrected chi connectivity index (χ3v) is 2.48. The summed E-state index contributed by atoms with van der Waals surface area (Å²) >= 11 is 0. The molecule has 15 heavy (non-hydrogen) atoms. The molecular formula is C12H15IN2. The fourth-order valence-corrected chi connectivity index (χ4v) is 1.54. The van der Waals surface area contributed by atoms with Crippen molar-refractivity contribution >= 4 is 0 Å². The number of aryl methyl sites for hydroxylation is 2. The minimum absolute atomic E-state index is 0. The van der Waals surface area contributed by atoms with Gasteiger partial charge in [0.2, 0.25) is 0 Å². The largest absolute Gasteiger partial charge is 1.00 e. The Morgan fingerprint density at radius 3 is 2.40 bits per heavy atom. The molecule has 0 aromatic carbocycles. The molecule has 0 saturated carbocycles. The molecule has 0 amide bonds. The fourth-order valence-electron chi connectivity index (χ4n) is 1.54. The Bertz CT molecular complexity index is 417. The van der Waals surface area contributed by atoms with Crippen LogP contribution in [0.2, 0.25) is 0 Å². The van der Waals surface area contributed by atoms with E-state index < -0.39 is 0 Å². The second kappa shape index (κ2) is 5.30. The van der Waals surface area contributed by atoms with Gasteiger partial charge in [-0.05, 0) is 17.7 Å². The molecule has 0 fully saturated rings. The van der Waals surface area contributed by atoms with E-state index >= 15 is 0 Å². The zero-order valence-corrected chi connectivity index (χ0v) is 11.2. The van der Waals surface area contributed by atoms with Gasteiger partial charge in [0.05, 0.1) is 0 Å². The van der Waals surface area contributed by atoms with Crippen molar-refractivity contribution in [3.8, 4) is 0 Å². The molecule has 0 aliphatic rings. The van der Waals surface area contributed by atoms with E-state index in [2.05, 4.69) is 59.0 Å². The highest BCUT2D eigenvalue weighted by atomic mass is 127. The molecular weight excluding hydrogens is 299 g/mol. The van der Waals surface area contributed by atoms with Crippen LogP contribution in [0, 0.1) is 0 Å². The van der Waals surface area contributed by atoms with Crippen LogP contribution in [-0.2, 0) is 20.5 Å². The van der Waals surface area contributed by atoms with Gasteiger partial charge >= 0.3 is 0 Å². The van der Waals surface area contributed by atoms with Crippen molar-refractivity contribution in [2.75, 3.05) is 0 Å². The van der Waals surface area contributed by atoms with Crippen molar-refractivity contribution < 1.29 is 28.5 Å². The highest BCUT2D eigenvalue weighted by Gasteiger charge is 2.00. The first-order chi connectivity index (χ1) is 6.75. The maximum absolute atomic E-state index is 2.16. The molecule has 2 rings (SSSR count). The molecule has 2 aromatic heterocycles. The van der Waals surface area contributed by atoms with E-state index in [9.17, 15) is 0 Å². The Hall–Kier alpha value is -0.840. The molecule has 3 heteroatoms. The van der Waals surface area contributed by atoms with E-state index in [0.29, 0.717) is 0 Å². The number of hydrogen-bond acceptors (Lipinski definition) is 0. The average Bonchev–Trinajstić information content (AvgIpc) is 2.56. The molecule has 0 aliphatic carbocycles. The number of pyridine rings is 1. The van der Waals surface area contributed by atoms with Crippen LogP contribution in [0.15, 0.2) is 42.9 Å². The number of nitrogens with zero attached hydrogens (tertiary/aromatic N) is 2. The van der Waals surface area contributed by atoms with Crippen molar-refractivity contribution in [2.24, 2.45) is 14.1 Å². The van der Waals surface area contributed by atoms with Crippen molar-refractivity contribution in [3.05, 3.63) is 54.1 Å². The van der Waals surface area contributed by atoms with Crippen molar-refractivity contribution in [1.29, 1.82) is 0 Å². The molecule has 0 spiro atoms. The minimum Gasteiger partial charge on any atom is -1.00 e. The normalized spacial score (nSPS) is 9.73. The van der Waals surface area contributed by atoms with E-state index in [4.69, 9.17) is 0 Å². The van der Waals surface area contributed by atoms with Gasteiger partial charge in [-0.25, -0.2) is 4.57 Å². The molecule has 80 valence electrons. The summed E-state index contributed by atoms with van der Waals surface area (Å²) in [5, 5.41) is 0. The third kappa shape index (κ3) is 3.06. The maximum atomic E-state index is 2.16. The van der Waals surface area contributed by atoms with Gasteiger partial charge in [-0.3, -0.25) is 0 Å². The summed E-state index contributed by atoms with van der Waals surface area (Å²) in [5.74, 6) is 0. The van der Waals surface area contributed by atoms with Gasteiger partial charge in [0, 0.05) is 37.5 Å². The molecule has 2 nitrogen and oxygen atoms in total. The van der Waals surface area contributed by atoms with Gasteiger partial charge in [0.1, 0.15) is 7.05 Å². The summed E-state index contributed by atoms with van der Waals surface area (Å²) in [6.45, 7) is 0. The van der Waals surface area contributed by atoms with Crippen LogP contribution < -0.4 is 28.5 Å². The van der Waals surface area contributed by atoms with E-state index in [1.54, 1.807) is 0 Å². The summed E-state index contributed by atoms with van der Waals surface area (Å²) in [6, 6.07) is 8.56. The quantitative estimate of drug-likeness (QED) is 0.469. The van der Waals surface area contributed by atoms with Crippen molar-refractivity contribution in [2.45, 2.75) is 6.42 Å². The molecule has 0 unspecified atom stereocenters. The summed E-state index contributed by atoms with van der Waals surface area (Å²) in [6.07, 6.45) is 7.25. The highest BCUT2D eigenvalue weighted by Crippen LogP contribution is 2.07. The van der Waals surface area contributed by atoms with E-state index in [-0.39, 0.29) is 24.0 Å². The van der Waals surface area contributed by atoms with Crippen molar-refractivity contribution in [3.63, 3.8) is 0 Å². The minimum atomic E-state index is 0. The van der Waals surface area contributed by atoms with Crippen LogP contribution in [0.25, 0.3) is 0 Å². The van der Waals surface area contributed by atoms with E-state index in [0.717, 1.165) is 6.42 Å². The van der Waals surface area contributed by atoms with Crippen LogP contribution in [-0.4, -0.2) is 4.57 Å². The predicted molar refractivity (Wildman–Crippen MR) is 55.8 cm³/mol. The molecule has 0 saturated heterocycles. The van der Waals surface area contributed by atoms with E-state index in [1.807, 2.05) is 7.05 Å². The van der Waals surface area contributed by atoms with E-state index in [1.165, 1.54) is 11.3 Å². The summed E-state index contributed by atoms with van der Waals surface area (Å²) in [4.78, 5) is 0. The fraction of sp³-hybridized carbons (Fsp3) is 0.250. The third-order valence-electron chi connectivity index (χ3n) is 2.48. The van der Waals surface area contributed by atoms with Gasteiger partial charge in [0.25, 0.3) is 0 Å². The topological polar surface area (TPSA) is 8.81 Å². The molecule has 0 atom stereocenters. The molecule has 0 radical (unpaired) electrons. The first kappa shape index (κ1) is 12.2. The van der Waals surface area contributed by atoms with Crippen LogP contribution in [0.4, 0.5) is 0 Å². The highest BCUT2D eigenvalue weighted by molar-refractivity contribution is 5.19. The van der Waals surface area contributed by atoms with Gasteiger partial charge in [-0.15, -0.1) is 0 Å². The number of halogens is 1. The second-order valence-electron chi connectivity index (χ2n) is 3.66. The van der Waals surface area contributed by atoms with Crippen molar-refractivity contribution in [1.82, 2.24) is 4.57 Å². The number of hydrogen-bond donors (Lipinski definition) is 0. The number of rotatable bonds is 2. The molecule has 2 heterocycles. The Labute approximate surface area is 108 Å². The SMILES string of the molecule is Cn1cccc1Cc1cc[n+](C)cc1.[I-]. The number of aromatic nitrogens is 2. The molecule has 0 N–H and O–H groups in total. The predicted octanol–water partition coefficient (Wildman–Crippen LogP) is -1.56. The van der Waals surface area contributed by atoms with Gasteiger partial charge in [-0.1, -0.05) is 0 Å². The lowest BCUT2D eigenvalue weighted by Gasteiger charge is -2.02. The smallest absolute Gasteiger partial charge is 0.168 e. The van der Waals surface area contributed by atoms with Crippen LogP contribution in [0.5, 0.6) is 0 Å². The first-order valence-electron chi connectivity index (χ1n) is 4.80. The van der Waals surface area contributed by atoms with Gasteiger partial charge in [-0.2, -0.15) is 0 Å². The van der Waals surface area contributed by atoms with Gasteiger partial charge in [0.15, 0.2) is 12.4 Å². The monoisotopic (exact) mass is 314 g/mol. The Morgan fingerprint density at radius 2 is 1.87 bits per heavy atom. The second-order valence-corrected chi connectivity index (χ2v) is 3.66.